The lowest BCUT2D eigenvalue weighted by atomic mass is 10.1. The fourth-order valence-electron chi connectivity index (χ4n) is 3.84. The van der Waals surface area contributed by atoms with Gasteiger partial charge in [-0.25, -0.2) is 21.6 Å². The highest BCUT2D eigenvalue weighted by molar-refractivity contribution is 7.89. The van der Waals surface area contributed by atoms with E-state index in [9.17, 15) is 21.6 Å². The van der Waals surface area contributed by atoms with E-state index in [0.29, 0.717) is 35.3 Å². The lowest BCUT2D eigenvalue weighted by Gasteiger charge is -2.21. The van der Waals surface area contributed by atoms with Gasteiger partial charge in [0.1, 0.15) is 11.8 Å². The van der Waals surface area contributed by atoms with E-state index in [-0.39, 0.29) is 29.4 Å². The van der Waals surface area contributed by atoms with Gasteiger partial charge in [0, 0.05) is 6.54 Å². The van der Waals surface area contributed by atoms with E-state index in [1.165, 1.54) is 19.2 Å². The molecule has 2 aromatic rings. The first-order valence-electron chi connectivity index (χ1n) is 11.7. The minimum Gasteiger partial charge on any atom is -0.496 e. The first kappa shape index (κ1) is 29.8. The average Bonchev–Trinajstić information content (AvgIpc) is 2.80. The van der Waals surface area contributed by atoms with Crippen molar-refractivity contribution in [2.24, 2.45) is 0 Å². The van der Waals surface area contributed by atoms with Gasteiger partial charge in [-0.2, -0.15) is 4.72 Å². The van der Waals surface area contributed by atoms with Crippen LogP contribution in [0.1, 0.15) is 48.4 Å². The predicted octanol–water partition coefficient (Wildman–Crippen LogP) is 3.29. The number of ether oxygens (including phenoxy) is 2. The Morgan fingerprint density at radius 3 is 2.17 bits per heavy atom. The predicted molar refractivity (Wildman–Crippen MR) is 138 cm³/mol. The Balaban J connectivity index is 2.09. The SMILES string of the molecule is CCOC(=O)C(CCCCNS(=O)(=O)c1ccc(C)cc1)NS(=O)(=O)c1c(C)cc(OC)c(C)c1C. The molecule has 0 fully saturated rings. The first-order chi connectivity index (χ1) is 16.8. The van der Waals surface area contributed by atoms with Crippen LogP contribution in [0.3, 0.4) is 0 Å². The highest BCUT2D eigenvalue weighted by atomic mass is 32.2. The minimum atomic E-state index is -4.06. The van der Waals surface area contributed by atoms with E-state index in [4.69, 9.17) is 9.47 Å². The Kier molecular flexibility index (Phi) is 10.5. The third kappa shape index (κ3) is 7.52. The van der Waals surface area contributed by atoms with E-state index < -0.39 is 32.1 Å². The third-order valence-electron chi connectivity index (χ3n) is 5.88. The molecule has 0 saturated heterocycles. The summed E-state index contributed by atoms with van der Waals surface area (Å²) in [7, 11) is -6.19. The van der Waals surface area contributed by atoms with Crippen molar-refractivity contribution in [2.75, 3.05) is 20.3 Å². The number of rotatable bonds is 13. The van der Waals surface area contributed by atoms with E-state index in [0.717, 1.165) is 5.56 Å². The molecule has 0 bridgehead atoms. The molecule has 1 atom stereocenters. The molecule has 36 heavy (non-hydrogen) atoms. The van der Waals surface area contributed by atoms with Crippen LogP contribution < -0.4 is 14.2 Å². The van der Waals surface area contributed by atoms with Crippen molar-refractivity contribution in [3.8, 4) is 5.75 Å². The smallest absolute Gasteiger partial charge is 0.324 e. The minimum absolute atomic E-state index is 0.0981. The van der Waals surface area contributed by atoms with Crippen molar-refractivity contribution in [1.82, 2.24) is 9.44 Å². The maximum absolute atomic E-state index is 13.3. The lowest BCUT2D eigenvalue weighted by Crippen LogP contribution is -2.42. The highest BCUT2D eigenvalue weighted by Gasteiger charge is 2.29. The number of benzene rings is 2. The molecule has 2 aromatic carbocycles. The zero-order chi connectivity index (χ0) is 27.1. The number of methoxy groups -OCH3 is 1. The summed E-state index contributed by atoms with van der Waals surface area (Å²) in [5, 5.41) is 0. The van der Waals surface area contributed by atoms with Crippen molar-refractivity contribution in [2.45, 2.75) is 69.7 Å². The van der Waals surface area contributed by atoms with Crippen molar-refractivity contribution in [3.63, 3.8) is 0 Å². The molecule has 0 aliphatic carbocycles. The Morgan fingerprint density at radius 2 is 1.58 bits per heavy atom. The molecule has 0 aliphatic heterocycles. The number of unbranched alkanes of at least 4 members (excludes halogenated alkanes) is 1. The molecule has 0 heterocycles. The molecule has 0 aliphatic rings. The van der Waals surface area contributed by atoms with Crippen molar-refractivity contribution in [3.05, 3.63) is 52.6 Å². The van der Waals surface area contributed by atoms with Crippen LogP contribution in [-0.2, 0) is 29.6 Å². The van der Waals surface area contributed by atoms with Crippen LogP contribution in [0.5, 0.6) is 5.75 Å². The van der Waals surface area contributed by atoms with Gasteiger partial charge >= 0.3 is 5.97 Å². The Hall–Kier alpha value is -2.47. The van der Waals surface area contributed by atoms with Gasteiger partial charge in [-0.15, -0.1) is 0 Å². The van der Waals surface area contributed by atoms with Crippen LogP contribution >= 0.6 is 0 Å². The summed E-state index contributed by atoms with van der Waals surface area (Å²) >= 11 is 0. The van der Waals surface area contributed by atoms with Crippen LogP contribution in [-0.4, -0.2) is 49.1 Å². The molecular weight excluding hydrogens is 504 g/mol. The summed E-state index contributed by atoms with van der Waals surface area (Å²) < 4.78 is 66.9. The van der Waals surface area contributed by atoms with Gasteiger partial charge in [-0.3, -0.25) is 4.79 Å². The second-order valence-corrected chi connectivity index (χ2v) is 12.0. The van der Waals surface area contributed by atoms with Gasteiger partial charge in [0.2, 0.25) is 20.0 Å². The van der Waals surface area contributed by atoms with E-state index in [2.05, 4.69) is 9.44 Å². The number of nitrogens with one attached hydrogen (secondary N) is 2. The highest BCUT2D eigenvalue weighted by Crippen LogP contribution is 2.30. The molecule has 200 valence electrons. The normalized spacial score (nSPS) is 12.8. The molecular formula is C25H36N2O7S2. The van der Waals surface area contributed by atoms with Gasteiger partial charge in [0.15, 0.2) is 0 Å². The molecule has 9 nitrogen and oxygen atoms in total. The average molecular weight is 541 g/mol. The summed E-state index contributed by atoms with van der Waals surface area (Å²) in [6.45, 7) is 8.90. The summed E-state index contributed by atoms with van der Waals surface area (Å²) in [6, 6.07) is 7.06. The number of carbonyl (C=O) groups excluding carboxylic acids is 1. The zero-order valence-electron chi connectivity index (χ0n) is 21.7. The van der Waals surface area contributed by atoms with Crippen LogP contribution in [0.15, 0.2) is 40.1 Å². The summed E-state index contributed by atoms with van der Waals surface area (Å²) in [4.78, 5) is 12.8. The van der Waals surface area contributed by atoms with E-state index >= 15 is 0 Å². The number of aryl methyl sites for hydroxylation is 2. The molecule has 11 heteroatoms. The van der Waals surface area contributed by atoms with Gasteiger partial charge < -0.3 is 9.47 Å². The Bertz CT molecular complexity index is 1270. The molecule has 0 saturated carbocycles. The maximum atomic E-state index is 13.3. The number of hydrogen-bond donors (Lipinski definition) is 2. The summed E-state index contributed by atoms with van der Waals surface area (Å²) in [5.74, 6) is -0.0965. The van der Waals surface area contributed by atoms with Crippen molar-refractivity contribution < 1.29 is 31.1 Å². The topological polar surface area (TPSA) is 128 Å². The van der Waals surface area contributed by atoms with Crippen LogP contribution in [0.2, 0.25) is 0 Å². The van der Waals surface area contributed by atoms with E-state index in [1.807, 2.05) is 6.92 Å². The summed E-state index contributed by atoms with van der Waals surface area (Å²) in [5.41, 5.74) is 2.68. The molecule has 0 radical (unpaired) electrons. The summed E-state index contributed by atoms with van der Waals surface area (Å²) in [6.07, 6.45) is 0.946. The molecule has 0 spiro atoms. The fraction of sp³-hybridized carbons (Fsp3) is 0.480. The molecule has 2 N–H and O–H groups in total. The van der Waals surface area contributed by atoms with Crippen molar-refractivity contribution in [1.29, 1.82) is 0 Å². The van der Waals surface area contributed by atoms with E-state index in [1.54, 1.807) is 45.9 Å². The van der Waals surface area contributed by atoms with Gasteiger partial charge in [0.05, 0.1) is 23.5 Å². The monoisotopic (exact) mass is 540 g/mol. The number of esters is 1. The first-order valence-corrected chi connectivity index (χ1v) is 14.7. The maximum Gasteiger partial charge on any atom is 0.324 e. The van der Waals surface area contributed by atoms with Gasteiger partial charge in [-0.05, 0) is 88.8 Å². The molecule has 0 amide bonds. The standard InChI is InChI=1S/C25H36N2O7S2/c1-7-34-25(28)22(10-8-9-15-26-35(29,30)21-13-11-17(2)12-14-21)27-36(31,32)24-18(3)16-23(33-6)19(4)20(24)5/h11-14,16,22,26-27H,7-10,15H2,1-6H3. The van der Waals surface area contributed by atoms with Crippen molar-refractivity contribution >= 4 is 26.0 Å². The lowest BCUT2D eigenvalue weighted by molar-refractivity contribution is -0.145. The van der Waals surface area contributed by atoms with Gasteiger partial charge in [-0.1, -0.05) is 17.7 Å². The van der Waals surface area contributed by atoms with Gasteiger partial charge in [0.25, 0.3) is 0 Å². The molecule has 1 unspecified atom stereocenters. The molecule has 2 rings (SSSR count). The largest absolute Gasteiger partial charge is 0.496 e. The fourth-order valence-corrected chi connectivity index (χ4v) is 6.66. The second-order valence-electron chi connectivity index (χ2n) is 8.61. The van der Waals surface area contributed by atoms with Crippen LogP contribution in [0, 0.1) is 27.7 Å². The quantitative estimate of drug-likeness (QED) is 0.295. The van der Waals surface area contributed by atoms with Crippen LogP contribution in [0.4, 0.5) is 0 Å². The number of carbonyl (C=O) groups is 1. The second kappa shape index (κ2) is 12.7. The number of sulfonamides is 2. The zero-order valence-corrected chi connectivity index (χ0v) is 23.3. The molecule has 0 aromatic heterocycles. The Morgan fingerprint density at radius 1 is 0.944 bits per heavy atom. The number of hydrogen-bond acceptors (Lipinski definition) is 7. The van der Waals surface area contributed by atoms with Crippen LogP contribution in [0.25, 0.3) is 0 Å². The third-order valence-corrected chi connectivity index (χ3v) is 9.12. The Labute approximate surface area is 214 Å².